The zero-order valence-electron chi connectivity index (χ0n) is 11.9. The highest BCUT2D eigenvalue weighted by Gasteiger charge is 2.18. The molecule has 1 aromatic heterocycles. The Morgan fingerprint density at radius 2 is 1.86 bits per heavy atom. The molecule has 2 aromatic rings. The molecule has 0 saturated heterocycles. The molecule has 0 aliphatic heterocycles. The van der Waals surface area contributed by atoms with Crippen LogP contribution in [0.4, 0.5) is 5.82 Å². The van der Waals surface area contributed by atoms with Crippen molar-refractivity contribution >= 4 is 29.0 Å². The fraction of sp³-hybridized carbons (Fsp3) is 0.375. The van der Waals surface area contributed by atoms with Crippen LogP contribution in [0.1, 0.15) is 30.5 Å². The van der Waals surface area contributed by atoms with Gasteiger partial charge in [-0.25, -0.2) is 9.97 Å². The molecule has 21 heavy (non-hydrogen) atoms. The number of rotatable bonds is 2. The lowest BCUT2D eigenvalue weighted by molar-refractivity contribution is 0.709. The molecular formula is C16H17Cl2N3. The van der Waals surface area contributed by atoms with Gasteiger partial charge in [0.25, 0.3) is 0 Å². The second kappa shape index (κ2) is 6.20. The highest BCUT2D eigenvalue weighted by molar-refractivity contribution is 6.36. The van der Waals surface area contributed by atoms with Crippen molar-refractivity contribution in [2.45, 2.75) is 32.1 Å². The molecule has 0 atom stereocenters. The van der Waals surface area contributed by atoms with E-state index >= 15 is 0 Å². The standard InChI is InChI=1S/C16H17Cl2N3/c1-19-15-12-5-3-2-4-6-14(12)20-16(21-15)11-8-7-10(17)9-13(11)18/h7-9H,2-6H2,1H3,(H,19,20,21). The molecular weight excluding hydrogens is 305 g/mol. The van der Waals surface area contributed by atoms with Crippen molar-refractivity contribution in [3.8, 4) is 11.4 Å². The second-order valence-corrected chi connectivity index (χ2v) is 6.10. The predicted molar refractivity (Wildman–Crippen MR) is 88.3 cm³/mol. The zero-order chi connectivity index (χ0) is 14.8. The van der Waals surface area contributed by atoms with E-state index in [9.17, 15) is 0 Å². The van der Waals surface area contributed by atoms with E-state index < -0.39 is 0 Å². The van der Waals surface area contributed by atoms with Crippen LogP contribution in [0.25, 0.3) is 11.4 Å². The van der Waals surface area contributed by atoms with E-state index in [2.05, 4.69) is 10.3 Å². The van der Waals surface area contributed by atoms with Crippen molar-refractivity contribution < 1.29 is 0 Å². The molecule has 0 fully saturated rings. The molecule has 0 amide bonds. The van der Waals surface area contributed by atoms with E-state index in [-0.39, 0.29) is 0 Å². The van der Waals surface area contributed by atoms with E-state index in [1.165, 1.54) is 24.8 Å². The molecule has 3 nitrogen and oxygen atoms in total. The SMILES string of the molecule is CNc1nc(-c2ccc(Cl)cc2Cl)nc2c1CCCCC2. The molecule has 1 heterocycles. The van der Waals surface area contributed by atoms with Crippen LogP contribution in [0.5, 0.6) is 0 Å². The third-order valence-corrected chi connectivity index (χ3v) is 4.39. The number of nitrogens with zero attached hydrogens (tertiary/aromatic N) is 2. The first-order valence-corrected chi connectivity index (χ1v) is 7.97. The van der Waals surface area contributed by atoms with Crippen LogP contribution in [0.3, 0.4) is 0 Å². The van der Waals surface area contributed by atoms with Crippen molar-refractivity contribution in [2.24, 2.45) is 0 Å². The number of nitrogens with one attached hydrogen (secondary N) is 1. The quantitative estimate of drug-likeness (QED) is 0.810. The zero-order valence-corrected chi connectivity index (χ0v) is 13.4. The summed E-state index contributed by atoms with van der Waals surface area (Å²) < 4.78 is 0. The van der Waals surface area contributed by atoms with Crippen LogP contribution in [0.15, 0.2) is 18.2 Å². The Kier molecular flexibility index (Phi) is 4.32. The first-order valence-electron chi connectivity index (χ1n) is 7.22. The lowest BCUT2D eigenvalue weighted by Crippen LogP contribution is -2.07. The van der Waals surface area contributed by atoms with Crippen LogP contribution < -0.4 is 5.32 Å². The second-order valence-electron chi connectivity index (χ2n) is 5.26. The fourth-order valence-corrected chi connectivity index (χ4v) is 3.26. The monoisotopic (exact) mass is 321 g/mol. The Hall–Kier alpha value is -1.32. The number of fused-ring (bicyclic) bond motifs is 1. The summed E-state index contributed by atoms with van der Waals surface area (Å²) in [6.45, 7) is 0. The fourth-order valence-electron chi connectivity index (χ4n) is 2.77. The van der Waals surface area contributed by atoms with E-state index in [1.807, 2.05) is 19.2 Å². The Bertz CT molecular complexity index is 671. The van der Waals surface area contributed by atoms with Gasteiger partial charge in [0, 0.05) is 28.9 Å². The first kappa shape index (κ1) is 14.6. The summed E-state index contributed by atoms with van der Waals surface area (Å²) in [5, 5.41) is 4.40. The number of anilines is 1. The summed E-state index contributed by atoms with van der Waals surface area (Å²) in [5.74, 6) is 1.59. The van der Waals surface area contributed by atoms with E-state index in [0.29, 0.717) is 15.9 Å². The molecule has 0 saturated carbocycles. The maximum Gasteiger partial charge on any atom is 0.163 e. The van der Waals surface area contributed by atoms with Crippen molar-refractivity contribution in [3.63, 3.8) is 0 Å². The van der Waals surface area contributed by atoms with Crippen LogP contribution in [0.2, 0.25) is 10.0 Å². The topological polar surface area (TPSA) is 37.8 Å². The number of aromatic nitrogens is 2. The molecule has 0 spiro atoms. The highest BCUT2D eigenvalue weighted by atomic mass is 35.5. The minimum absolute atomic E-state index is 0.582. The van der Waals surface area contributed by atoms with Gasteiger partial charge in [0.15, 0.2) is 5.82 Å². The van der Waals surface area contributed by atoms with Crippen LogP contribution >= 0.6 is 23.2 Å². The molecule has 1 N–H and O–H groups in total. The average Bonchev–Trinajstić information content (AvgIpc) is 2.71. The Labute approximate surface area is 134 Å². The van der Waals surface area contributed by atoms with Gasteiger partial charge in [0.05, 0.1) is 5.02 Å². The third-order valence-electron chi connectivity index (χ3n) is 3.84. The lowest BCUT2D eigenvalue weighted by Gasteiger charge is -2.13. The van der Waals surface area contributed by atoms with Gasteiger partial charge in [-0.2, -0.15) is 0 Å². The van der Waals surface area contributed by atoms with E-state index in [0.717, 1.165) is 29.9 Å². The van der Waals surface area contributed by atoms with Gasteiger partial charge in [-0.15, -0.1) is 0 Å². The van der Waals surface area contributed by atoms with Gasteiger partial charge in [0.2, 0.25) is 0 Å². The van der Waals surface area contributed by atoms with Crippen molar-refractivity contribution in [2.75, 3.05) is 12.4 Å². The number of hydrogen-bond donors (Lipinski definition) is 1. The normalized spacial score (nSPS) is 14.4. The average molecular weight is 322 g/mol. The molecule has 3 rings (SSSR count). The van der Waals surface area contributed by atoms with Gasteiger partial charge in [-0.3, -0.25) is 0 Å². The molecule has 0 unspecified atom stereocenters. The molecule has 110 valence electrons. The predicted octanol–water partition coefficient (Wildman–Crippen LogP) is 4.76. The minimum atomic E-state index is 0.582. The highest BCUT2D eigenvalue weighted by Crippen LogP contribution is 2.32. The Morgan fingerprint density at radius 3 is 2.62 bits per heavy atom. The Balaban J connectivity index is 2.13. The number of benzene rings is 1. The summed E-state index contributed by atoms with van der Waals surface area (Å²) in [5.41, 5.74) is 3.22. The third kappa shape index (κ3) is 2.99. The van der Waals surface area contributed by atoms with Crippen molar-refractivity contribution in [1.29, 1.82) is 0 Å². The molecule has 5 heteroatoms. The lowest BCUT2D eigenvalue weighted by atomic mass is 10.1. The van der Waals surface area contributed by atoms with Gasteiger partial charge in [-0.1, -0.05) is 29.6 Å². The largest absolute Gasteiger partial charge is 0.373 e. The summed E-state index contributed by atoms with van der Waals surface area (Å²) in [7, 11) is 1.90. The van der Waals surface area contributed by atoms with E-state index in [1.54, 1.807) is 6.07 Å². The maximum absolute atomic E-state index is 6.29. The molecule has 1 aliphatic carbocycles. The van der Waals surface area contributed by atoms with E-state index in [4.69, 9.17) is 28.2 Å². The maximum atomic E-state index is 6.29. The Morgan fingerprint density at radius 1 is 1.05 bits per heavy atom. The summed E-state index contributed by atoms with van der Waals surface area (Å²) in [6.07, 6.45) is 5.68. The summed E-state index contributed by atoms with van der Waals surface area (Å²) in [4.78, 5) is 9.42. The first-order chi connectivity index (χ1) is 10.2. The number of hydrogen-bond acceptors (Lipinski definition) is 3. The minimum Gasteiger partial charge on any atom is -0.373 e. The smallest absolute Gasteiger partial charge is 0.163 e. The van der Waals surface area contributed by atoms with Crippen LogP contribution in [-0.4, -0.2) is 17.0 Å². The van der Waals surface area contributed by atoms with Crippen LogP contribution in [0, 0.1) is 0 Å². The van der Waals surface area contributed by atoms with Gasteiger partial charge in [0.1, 0.15) is 5.82 Å². The van der Waals surface area contributed by atoms with Crippen molar-refractivity contribution in [1.82, 2.24) is 9.97 Å². The summed E-state index contributed by atoms with van der Waals surface area (Å²) >= 11 is 12.3. The van der Waals surface area contributed by atoms with Gasteiger partial charge < -0.3 is 5.32 Å². The summed E-state index contributed by atoms with van der Waals surface area (Å²) in [6, 6.07) is 5.42. The van der Waals surface area contributed by atoms with Gasteiger partial charge >= 0.3 is 0 Å². The molecule has 1 aromatic carbocycles. The molecule has 0 radical (unpaired) electrons. The molecule has 0 bridgehead atoms. The number of aryl methyl sites for hydroxylation is 1. The molecule has 1 aliphatic rings. The van der Waals surface area contributed by atoms with Crippen molar-refractivity contribution in [3.05, 3.63) is 39.5 Å². The van der Waals surface area contributed by atoms with Crippen LogP contribution in [-0.2, 0) is 12.8 Å². The van der Waals surface area contributed by atoms with Gasteiger partial charge in [-0.05, 0) is 43.9 Å². The number of halogens is 2.